The summed E-state index contributed by atoms with van der Waals surface area (Å²) in [5.74, 6) is 1.40. The van der Waals surface area contributed by atoms with E-state index in [0.717, 1.165) is 43.2 Å². The van der Waals surface area contributed by atoms with E-state index in [-0.39, 0.29) is 5.91 Å². The van der Waals surface area contributed by atoms with Crippen LogP contribution in [0, 0.1) is 19.8 Å². The molecule has 1 aromatic heterocycles. The van der Waals surface area contributed by atoms with E-state index < -0.39 is 0 Å². The number of nitrogens with zero attached hydrogens (tertiary/aromatic N) is 3. The summed E-state index contributed by atoms with van der Waals surface area (Å²) in [6.45, 7) is 7.95. The van der Waals surface area contributed by atoms with Gasteiger partial charge in [0.2, 0.25) is 5.91 Å². The Morgan fingerprint density at radius 3 is 2.47 bits per heavy atom. The molecule has 0 aromatic carbocycles. The molecule has 5 heteroatoms. The smallest absolute Gasteiger partial charge is 0.233 e. The van der Waals surface area contributed by atoms with Gasteiger partial charge in [-0.15, -0.1) is 0 Å². The molecule has 0 N–H and O–H groups in total. The van der Waals surface area contributed by atoms with E-state index in [0.29, 0.717) is 10.9 Å². The van der Waals surface area contributed by atoms with Gasteiger partial charge in [-0.1, -0.05) is 18.7 Å². The lowest BCUT2D eigenvalue weighted by Crippen LogP contribution is -2.38. The Morgan fingerprint density at radius 1 is 1.32 bits per heavy atom. The Kier molecular flexibility index (Phi) is 4.80. The average molecular weight is 279 g/mol. The number of amides is 1. The minimum atomic E-state index is 0.208. The highest BCUT2D eigenvalue weighted by Crippen LogP contribution is 2.19. The fraction of sp³-hybridized carbons (Fsp3) is 0.643. The monoisotopic (exact) mass is 279 g/mol. The summed E-state index contributed by atoms with van der Waals surface area (Å²) in [5.41, 5.74) is 1.91. The average Bonchev–Trinajstić information content (AvgIpc) is 2.36. The van der Waals surface area contributed by atoms with Gasteiger partial charge in [-0.3, -0.25) is 4.79 Å². The van der Waals surface area contributed by atoms with Crippen molar-refractivity contribution in [3.8, 4) is 0 Å². The number of rotatable bonds is 3. The fourth-order valence-electron chi connectivity index (χ4n) is 2.23. The van der Waals surface area contributed by atoms with Gasteiger partial charge < -0.3 is 4.90 Å². The SMILES string of the molecule is Cc1cc(C)nc(SCC(=O)N2CCC(C)CC2)n1. The summed E-state index contributed by atoms with van der Waals surface area (Å²) >= 11 is 1.44. The maximum atomic E-state index is 12.1. The molecule has 19 heavy (non-hydrogen) atoms. The lowest BCUT2D eigenvalue weighted by molar-refractivity contribution is -0.129. The van der Waals surface area contributed by atoms with Gasteiger partial charge in [-0.05, 0) is 38.7 Å². The summed E-state index contributed by atoms with van der Waals surface area (Å²) in [5, 5.41) is 0.705. The summed E-state index contributed by atoms with van der Waals surface area (Å²) in [6.07, 6.45) is 2.24. The van der Waals surface area contributed by atoms with Gasteiger partial charge in [0, 0.05) is 24.5 Å². The van der Waals surface area contributed by atoms with Crippen LogP contribution in [-0.2, 0) is 4.79 Å². The zero-order valence-corrected chi connectivity index (χ0v) is 12.7. The molecule has 0 atom stereocenters. The first kappa shape index (κ1) is 14.3. The van der Waals surface area contributed by atoms with E-state index in [2.05, 4.69) is 16.9 Å². The number of aromatic nitrogens is 2. The maximum absolute atomic E-state index is 12.1. The molecule has 1 aromatic rings. The summed E-state index contributed by atoms with van der Waals surface area (Å²) in [6, 6.07) is 1.94. The highest BCUT2D eigenvalue weighted by Gasteiger charge is 2.20. The molecule has 1 fully saturated rings. The van der Waals surface area contributed by atoms with Crippen molar-refractivity contribution in [2.45, 2.75) is 38.8 Å². The van der Waals surface area contributed by atoms with Crippen molar-refractivity contribution in [1.29, 1.82) is 0 Å². The van der Waals surface area contributed by atoms with Crippen LogP contribution >= 0.6 is 11.8 Å². The largest absolute Gasteiger partial charge is 0.342 e. The molecule has 1 aliphatic rings. The van der Waals surface area contributed by atoms with Crippen LogP contribution in [0.2, 0.25) is 0 Å². The van der Waals surface area contributed by atoms with Gasteiger partial charge >= 0.3 is 0 Å². The third-order valence-corrected chi connectivity index (χ3v) is 4.25. The molecule has 0 radical (unpaired) electrons. The van der Waals surface area contributed by atoms with Crippen molar-refractivity contribution in [2.24, 2.45) is 5.92 Å². The van der Waals surface area contributed by atoms with Crippen LogP contribution < -0.4 is 0 Å². The highest BCUT2D eigenvalue weighted by molar-refractivity contribution is 7.99. The van der Waals surface area contributed by atoms with E-state index in [1.807, 2.05) is 24.8 Å². The van der Waals surface area contributed by atoms with Crippen molar-refractivity contribution in [3.63, 3.8) is 0 Å². The number of thioether (sulfide) groups is 1. The Balaban J connectivity index is 1.86. The van der Waals surface area contributed by atoms with Crippen LogP contribution in [0.4, 0.5) is 0 Å². The zero-order valence-electron chi connectivity index (χ0n) is 11.8. The first-order chi connectivity index (χ1) is 9.04. The molecular weight excluding hydrogens is 258 g/mol. The van der Waals surface area contributed by atoms with Crippen LogP contribution in [0.15, 0.2) is 11.2 Å². The molecule has 0 aliphatic carbocycles. The first-order valence-corrected chi connectivity index (χ1v) is 7.76. The van der Waals surface area contributed by atoms with Crippen LogP contribution in [-0.4, -0.2) is 39.6 Å². The normalized spacial score (nSPS) is 16.7. The lowest BCUT2D eigenvalue weighted by Gasteiger charge is -2.30. The predicted octanol–water partition coefficient (Wildman–Crippen LogP) is 2.44. The number of aryl methyl sites for hydroxylation is 2. The predicted molar refractivity (Wildman–Crippen MR) is 77.2 cm³/mol. The van der Waals surface area contributed by atoms with E-state index in [9.17, 15) is 4.79 Å². The van der Waals surface area contributed by atoms with Crippen molar-refractivity contribution >= 4 is 17.7 Å². The van der Waals surface area contributed by atoms with Gasteiger partial charge in [0.15, 0.2) is 5.16 Å². The zero-order chi connectivity index (χ0) is 13.8. The Labute approximate surface area is 119 Å². The molecule has 0 unspecified atom stereocenters. The highest BCUT2D eigenvalue weighted by atomic mass is 32.2. The summed E-state index contributed by atoms with van der Waals surface area (Å²) in [7, 11) is 0. The van der Waals surface area contributed by atoms with Gasteiger partial charge in [0.25, 0.3) is 0 Å². The van der Waals surface area contributed by atoms with Crippen LogP contribution in [0.1, 0.15) is 31.2 Å². The standard InChI is InChI=1S/C14H21N3OS/c1-10-4-6-17(7-5-10)13(18)9-19-14-15-11(2)8-12(3)16-14/h8,10H,4-7,9H2,1-3H3. The molecule has 0 spiro atoms. The molecular formula is C14H21N3OS. The number of piperidine rings is 1. The van der Waals surface area contributed by atoms with Crippen molar-refractivity contribution in [2.75, 3.05) is 18.8 Å². The van der Waals surface area contributed by atoms with Gasteiger partial charge in [-0.2, -0.15) is 0 Å². The third kappa shape index (κ3) is 4.20. The van der Waals surface area contributed by atoms with E-state index >= 15 is 0 Å². The second-order valence-electron chi connectivity index (χ2n) is 5.29. The second-order valence-corrected chi connectivity index (χ2v) is 6.23. The molecule has 1 amide bonds. The molecule has 2 rings (SSSR count). The maximum Gasteiger partial charge on any atom is 0.233 e. The third-order valence-electron chi connectivity index (χ3n) is 3.42. The second kappa shape index (κ2) is 6.37. The van der Waals surface area contributed by atoms with E-state index in [4.69, 9.17) is 0 Å². The van der Waals surface area contributed by atoms with Crippen LogP contribution in [0.5, 0.6) is 0 Å². The van der Waals surface area contributed by atoms with Gasteiger partial charge in [0.05, 0.1) is 5.75 Å². The minimum absolute atomic E-state index is 0.208. The molecule has 2 heterocycles. The molecule has 1 saturated heterocycles. The number of carbonyl (C=O) groups excluding carboxylic acids is 1. The van der Waals surface area contributed by atoms with E-state index in [1.165, 1.54) is 11.8 Å². The van der Waals surface area contributed by atoms with Gasteiger partial charge in [0.1, 0.15) is 0 Å². The van der Waals surface area contributed by atoms with Crippen molar-refractivity contribution < 1.29 is 4.79 Å². The van der Waals surface area contributed by atoms with Crippen LogP contribution in [0.3, 0.4) is 0 Å². The first-order valence-electron chi connectivity index (χ1n) is 6.77. The number of hydrogen-bond acceptors (Lipinski definition) is 4. The Hall–Kier alpha value is -1.10. The lowest BCUT2D eigenvalue weighted by atomic mass is 9.99. The quantitative estimate of drug-likeness (QED) is 0.630. The Morgan fingerprint density at radius 2 is 1.89 bits per heavy atom. The van der Waals surface area contributed by atoms with Crippen LogP contribution in [0.25, 0.3) is 0 Å². The summed E-state index contributed by atoms with van der Waals surface area (Å²) < 4.78 is 0. The molecule has 0 bridgehead atoms. The van der Waals surface area contributed by atoms with Crippen molar-refractivity contribution in [1.82, 2.24) is 14.9 Å². The molecule has 1 aliphatic heterocycles. The molecule has 104 valence electrons. The number of hydrogen-bond donors (Lipinski definition) is 0. The van der Waals surface area contributed by atoms with E-state index in [1.54, 1.807) is 0 Å². The minimum Gasteiger partial charge on any atom is -0.342 e. The van der Waals surface area contributed by atoms with Crippen molar-refractivity contribution in [3.05, 3.63) is 17.5 Å². The topological polar surface area (TPSA) is 46.1 Å². The molecule has 4 nitrogen and oxygen atoms in total. The summed E-state index contributed by atoms with van der Waals surface area (Å²) in [4.78, 5) is 22.8. The van der Waals surface area contributed by atoms with Gasteiger partial charge in [-0.25, -0.2) is 9.97 Å². The Bertz CT molecular complexity index is 436. The number of carbonyl (C=O) groups is 1. The molecule has 0 saturated carbocycles. The number of likely N-dealkylation sites (tertiary alicyclic amines) is 1. The fourth-order valence-corrected chi connectivity index (χ4v) is 3.09.